The first-order chi connectivity index (χ1) is 54.4. The van der Waals surface area contributed by atoms with Gasteiger partial charge in [0, 0.05) is 22.3 Å². The first kappa shape index (κ1) is 65.1. The molecule has 2 heteroatoms. The van der Waals surface area contributed by atoms with Gasteiger partial charge in [-0.25, -0.2) is 0 Å². The third-order valence-corrected chi connectivity index (χ3v) is 22.4. The molecule has 0 heterocycles. The van der Waals surface area contributed by atoms with Crippen molar-refractivity contribution in [3.8, 4) is 200 Å². The Morgan fingerprint density at radius 3 is 0.236 bits per heavy atom. The summed E-state index contributed by atoms with van der Waals surface area (Å²) in [5, 5.41) is 11.1. The van der Waals surface area contributed by atoms with Gasteiger partial charge < -0.3 is 0 Å². The second kappa shape index (κ2) is 28.1. The van der Waals surface area contributed by atoms with E-state index in [-0.39, 0.29) is 0 Å². The minimum absolute atomic E-state index is 0.778. The van der Waals surface area contributed by atoms with Gasteiger partial charge in [0.1, 0.15) is 11.4 Å². The van der Waals surface area contributed by atoms with E-state index >= 15 is 0 Å². The largest absolute Gasteiger partial charge is 0.149 e. The van der Waals surface area contributed by atoms with Gasteiger partial charge in [-0.3, -0.25) is 0 Å². The molecule has 512 valence electrons. The summed E-state index contributed by atoms with van der Waals surface area (Å²) in [6.45, 7) is 0. The average molecular weight is 1400 g/mol. The quantitative estimate of drug-likeness (QED) is 0.154. The highest BCUT2D eigenvalue weighted by atomic mass is 15.1. The number of hydrogen-bond donors (Lipinski definition) is 0. The van der Waals surface area contributed by atoms with Crippen LogP contribution in [-0.2, 0) is 0 Å². The molecule has 18 aromatic rings. The van der Waals surface area contributed by atoms with Crippen LogP contribution in [0.4, 0.5) is 11.4 Å². The van der Waals surface area contributed by atoms with Crippen LogP contribution in [0, 0.1) is 0 Å². The van der Waals surface area contributed by atoms with Crippen LogP contribution in [0.5, 0.6) is 0 Å². The Morgan fingerprint density at radius 2 is 0.155 bits per heavy atom. The van der Waals surface area contributed by atoms with Crippen LogP contribution >= 0.6 is 0 Å². The minimum atomic E-state index is 0.778. The molecule has 36 bridgehead atoms. The van der Waals surface area contributed by atoms with Crippen molar-refractivity contribution in [2.24, 2.45) is 10.2 Å². The molecule has 0 aromatic heterocycles. The fourth-order valence-electron chi connectivity index (χ4n) is 16.0. The van der Waals surface area contributed by atoms with E-state index in [9.17, 15) is 0 Å². The van der Waals surface area contributed by atoms with Crippen LogP contribution in [0.25, 0.3) is 200 Å². The van der Waals surface area contributed by atoms with Gasteiger partial charge in [-0.05, 0) is 178 Å². The van der Waals surface area contributed by atoms with E-state index in [1.807, 2.05) is 0 Å². The monoisotopic (exact) mass is 1390 g/mol. The number of rotatable bonds is 2. The van der Waals surface area contributed by atoms with Gasteiger partial charge in [-0.2, -0.15) is 0 Å². The minimum Gasteiger partial charge on any atom is -0.149 e. The van der Waals surface area contributed by atoms with Crippen molar-refractivity contribution in [3.05, 3.63) is 425 Å². The Labute approximate surface area is 642 Å². The zero-order valence-electron chi connectivity index (χ0n) is 60.3. The van der Waals surface area contributed by atoms with Crippen LogP contribution in [-0.4, -0.2) is 0 Å². The normalized spacial score (nSPS) is 11.6. The SMILES string of the molecule is c1cc2c(N=Nc3c4cccc3-c3ccc(cc3)-c3ccc(cc3)-c3ccc(cc3)-c3ccc(cc3)-c3ccc(cc3)-c3ccc(cc3)-c3ccc(cc3)-c3ccc-4cc3)c(c1)-c1ccc(cc1)-c1ccc(cc1)-c1ccc(cc1)-c1ccc(cc1)-c1ccc(cc1)-c1ccc(cc1)-c1ccc(cc1)-c1ccc-2cc1. The highest BCUT2D eigenvalue weighted by Gasteiger charge is 2.19. The summed E-state index contributed by atoms with van der Waals surface area (Å²) in [5.41, 5.74) is 42.4. The first-order valence-corrected chi connectivity index (χ1v) is 37.8. The molecule has 0 aliphatic heterocycles. The molecule has 110 heavy (non-hydrogen) atoms. The van der Waals surface area contributed by atoms with Crippen molar-refractivity contribution < 1.29 is 0 Å². The molecular weight excluding hydrogens is 1330 g/mol. The molecular formula is C108H70N2. The van der Waals surface area contributed by atoms with E-state index < -0.39 is 0 Å². The lowest BCUT2D eigenvalue weighted by Gasteiger charge is -2.15. The van der Waals surface area contributed by atoms with Gasteiger partial charge in [0.05, 0.1) is 0 Å². The van der Waals surface area contributed by atoms with E-state index in [1.165, 1.54) is 111 Å². The van der Waals surface area contributed by atoms with Crippen LogP contribution in [0.3, 0.4) is 0 Å². The Bertz CT molecular complexity index is 5620. The van der Waals surface area contributed by atoms with Crippen LogP contribution < -0.4 is 0 Å². The molecule has 26 aliphatic rings. The van der Waals surface area contributed by atoms with Crippen molar-refractivity contribution in [1.29, 1.82) is 0 Å². The van der Waals surface area contributed by atoms with E-state index in [4.69, 9.17) is 10.2 Å². The van der Waals surface area contributed by atoms with Gasteiger partial charge >= 0.3 is 0 Å². The maximum Gasteiger partial charge on any atom is 0.101 e. The van der Waals surface area contributed by atoms with Crippen molar-refractivity contribution in [3.63, 3.8) is 0 Å². The second-order valence-electron chi connectivity index (χ2n) is 28.8. The average Bonchev–Trinajstić information content (AvgIpc) is 0.787. The third kappa shape index (κ3) is 12.8. The van der Waals surface area contributed by atoms with Gasteiger partial charge in [-0.1, -0.05) is 425 Å². The van der Waals surface area contributed by atoms with Gasteiger partial charge in [0.25, 0.3) is 0 Å². The molecule has 0 N–H and O–H groups in total. The molecule has 0 saturated carbocycles. The molecule has 44 rings (SSSR count). The number of nitrogens with zero attached hydrogens (tertiary/aromatic N) is 2. The summed E-state index contributed by atoms with van der Waals surface area (Å²) < 4.78 is 0. The summed E-state index contributed by atoms with van der Waals surface area (Å²) in [6, 6.07) is 156. The molecule has 0 amide bonds. The second-order valence-corrected chi connectivity index (χ2v) is 28.8. The van der Waals surface area contributed by atoms with E-state index in [2.05, 4.69) is 425 Å². The fourth-order valence-corrected chi connectivity index (χ4v) is 16.0. The van der Waals surface area contributed by atoms with Crippen LogP contribution in [0.1, 0.15) is 0 Å². The van der Waals surface area contributed by atoms with E-state index in [0.29, 0.717) is 0 Å². The molecule has 0 atom stereocenters. The molecule has 0 spiro atoms. The number of hydrogen-bond acceptors (Lipinski definition) is 2. The Morgan fingerprint density at radius 1 is 0.0818 bits per heavy atom. The molecule has 2 nitrogen and oxygen atoms in total. The lowest BCUT2D eigenvalue weighted by Crippen LogP contribution is -1.88. The first-order valence-electron chi connectivity index (χ1n) is 37.8. The molecule has 0 radical (unpaired) electrons. The smallest absolute Gasteiger partial charge is 0.101 e. The van der Waals surface area contributed by atoms with Crippen LogP contribution in [0.15, 0.2) is 435 Å². The standard InChI is InChI=1S/C108H70N2/c1-3-103-99-63-55-95(56-64-99)91-47-39-87(40-48-91)83-31-23-79(24-32-83)75-15-7-71(8-16-75)72-9-17-76(18-10-72)80-25-33-84(34-26-80)88-41-49-92(50-42-88)96-57-65-100(66-58-96)104(4-1)107(103)109-110-108-105-5-2-6-106(108)102-69-61-98(62-70-102)94-53-45-90(46-54-94)86-37-29-82(30-38-86)78-21-13-74(14-22-78)73-11-19-77(20-12-73)81-27-35-85(36-28-81)89-43-51-93(52-44-89)97-59-67-101(105)68-60-97/h1-70H. The van der Waals surface area contributed by atoms with Crippen molar-refractivity contribution in [2.45, 2.75) is 0 Å². The predicted octanol–water partition coefficient (Wildman–Crippen LogP) is 30.7. The molecule has 26 aliphatic carbocycles. The van der Waals surface area contributed by atoms with E-state index in [1.54, 1.807) is 0 Å². The summed E-state index contributed by atoms with van der Waals surface area (Å²) >= 11 is 0. The maximum absolute atomic E-state index is 5.55. The zero-order valence-corrected chi connectivity index (χ0v) is 60.3. The Kier molecular flexibility index (Phi) is 16.6. The van der Waals surface area contributed by atoms with E-state index in [0.717, 1.165) is 100 Å². The van der Waals surface area contributed by atoms with Gasteiger partial charge in [-0.15, -0.1) is 10.2 Å². The Balaban J connectivity index is 0.683. The highest BCUT2D eigenvalue weighted by molar-refractivity contribution is 5.93. The topological polar surface area (TPSA) is 24.7 Å². The maximum atomic E-state index is 5.55. The van der Waals surface area contributed by atoms with Crippen LogP contribution in [0.2, 0.25) is 0 Å². The third-order valence-electron chi connectivity index (χ3n) is 22.4. The fraction of sp³-hybridized carbons (Fsp3) is 0. The molecule has 0 saturated heterocycles. The highest BCUT2D eigenvalue weighted by Crippen LogP contribution is 2.47. The Hall–Kier alpha value is -14.4. The van der Waals surface area contributed by atoms with Gasteiger partial charge in [0.2, 0.25) is 0 Å². The summed E-state index contributed by atoms with van der Waals surface area (Å²) in [4.78, 5) is 0. The van der Waals surface area contributed by atoms with Crippen molar-refractivity contribution in [1.82, 2.24) is 0 Å². The summed E-state index contributed by atoms with van der Waals surface area (Å²) in [7, 11) is 0. The van der Waals surface area contributed by atoms with Gasteiger partial charge in [0.15, 0.2) is 0 Å². The predicted molar refractivity (Wildman–Crippen MR) is 462 cm³/mol. The molecule has 0 fully saturated rings. The number of benzene rings is 18. The zero-order chi connectivity index (χ0) is 72.9. The molecule has 0 unspecified atom stereocenters. The lowest BCUT2D eigenvalue weighted by atomic mass is 9.93. The van der Waals surface area contributed by atoms with Crippen molar-refractivity contribution in [2.75, 3.05) is 0 Å². The van der Waals surface area contributed by atoms with Crippen molar-refractivity contribution >= 4 is 11.4 Å². The summed E-state index contributed by atoms with van der Waals surface area (Å²) in [6.07, 6.45) is 0. The molecule has 18 aromatic carbocycles. The number of azo groups is 1. The summed E-state index contributed by atoms with van der Waals surface area (Å²) in [5.74, 6) is 0. The lowest BCUT2D eigenvalue weighted by molar-refractivity contribution is 1.23.